The van der Waals surface area contributed by atoms with Crippen LogP contribution in [0, 0.1) is 10.1 Å². The first kappa shape index (κ1) is 19.7. The summed E-state index contributed by atoms with van der Waals surface area (Å²) in [6, 6.07) is 8.46. The number of carbonyl (C=O) groups is 2. The van der Waals surface area contributed by atoms with Gasteiger partial charge in [0.25, 0.3) is 11.6 Å². The topological polar surface area (TPSA) is 117 Å². The molecule has 1 amide bonds. The largest absolute Gasteiger partial charge is 0.494 e. The van der Waals surface area contributed by atoms with Gasteiger partial charge in [-0.1, -0.05) is 0 Å². The van der Waals surface area contributed by atoms with Crippen LogP contribution >= 0.6 is 0 Å². The Labute approximate surface area is 155 Å². The molecular formula is C18H18N2O7. The number of nitro groups is 1. The van der Waals surface area contributed by atoms with Gasteiger partial charge in [0.2, 0.25) is 0 Å². The first-order chi connectivity index (χ1) is 12.8. The van der Waals surface area contributed by atoms with E-state index in [2.05, 4.69) is 5.32 Å². The Kier molecular flexibility index (Phi) is 6.32. The molecule has 0 bridgehead atoms. The van der Waals surface area contributed by atoms with Crippen molar-refractivity contribution in [2.75, 3.05) is 26.1 Å². The van der Waals surface area contributed by atoms with Gasteiger partial charge in [0.05, 0.1) is 30.9 Å². The van der Waals surface area contributed by atoms with E-state index in [-0.39, 0.29) is 29.5 Å². The van der Waals surface area contributed by atoms with Crippen molar-refractivity contribution in [2.45, 2.75) is 6.92 Å². The molecule has 0 saturated carbocycles. The molecule has 0 fully saturated rings. The van der Waals surface area contributed by atoms with Crippen LogP contribution in [0.25, 0.3) is 0 Å². The fourth-order valence-electron chi connectivity index (χ4n) is 2.23. The number of nitrogens with one attached hydrogen (secondary N) is 1. The highest BCUT2D eigenvalue weighted by Gasteiger charge is 2.15. The Balaban J connectivity index is 2.07. The average Bonchev–Trinajstić information content (AvgIpc) is 2.66. The number of benzene rings is 2. The van der Waals surface area contributed by atoms with Crippen LogP contribution in [0.3, 0.4) is 0 Å². The lowest BCUT2D eigenvalue weighted by molar-refractivity contribution is -0.384. The summed E-state index contributed by atoms with van der Waals surface area (Å²) in [5.41, 5.74) is 0.575. The Hall–Kier alpha value is -3.62. The first-order valence-corrected chi connectivity index (χ1v) is 7.79. The Morgan fingerprint density at radius 1 is 1.04 bits per heavy atom. The number of non-ortho nitro benzene ring substituents is 1. The summed E-state index contributed by atoms with van der Waals surface area (Å²) in [4.78, 5) is 33.8. The molecule has 0 spiro atoms. The van der Waals surface area contributed by atoms with Crippen LogP contribution in [-0.2, 0) is 4.79 Å². The van der Waals surface area contributed by atoms with Gasteiger partial charge in [0.15, 0.2) is 23.9 Å². The van der Waals surface area contributed by atoms with Crippen LogP contribution in [0.5, 0.6) is 17.2 Å². The van der Waals surface area contributed by atoms with Gasteiger partial charge in [-0.05, 0) is 31.2 Å². The third-order valence-corrected chi connectivity index (χ3v) is 3.60. The van der Waals surface area contributed by atoms with E-state index < -0.39 is 10.8 Å². The van der Waals surface area contributed by atoms with Crippen molar-refractivity contribution in [3.63, 3.8) is 0 Å². The number of hydrogen-bond donors (Lipinski definition) is 1. The summed E-state index contributed by atoms with van der Waals surface area (Å²) < 4.78 is 15.7. The van der Waals surface area contributed by atoms with Gasteiger partial charge in [-0.2, -0.15) is 0 Å². The molecule has 0 aliphatic carbocycles. The lowest BCUT2D eigenvalue weighted by Crippen LogP contribution is -2.20. The van der Waals surface area contributed by atoms with E-state index in [1.165, 1.54) is 51.5 Å². The fourth-order valence-corrected chi connectivity index (χ4v) is 2.23. The number of anilines is 1. The number of Topliss-reactive ketones (excluding diaryl/α,β-unsaturated/α-hetero) is 1. The molecule has 2 aromatic carbocycles. The zero-order chi connectivity index (χ0) is 20.0. The van der Waals surface area contributed by atoms with Crippen LogP contribution < -0.4 is 19.5 Å². The molecule has 2 aromatic rings. The molecule has 0 saturated heterocycles. The van der Waals surface area contributed by atoms with Crippen molar-refractivity contribution in [2.24, 2.45) is 0 Å². The molecule has 9 nitrogen and oxygen atoms in total. The molecule has 0 aliphatic rings. The SMILES string of the molecule is COc1cc([N+](=O)[O-])ccc1NC(=O)COc1ccc(C(C)=O)cc1OC. The van der Waals surface area contributed by atoms with E-state index in [4.69, 9.17) is 14.2 Å². The number of carbonyl (C=O) groups excluding carboxylic acids is 2. The van der Waals surface area contributed by atoms with Crippen LogP contribution in [0.15, 0.2) is 36.4 Å². The molecule has 2 rings (SSSR count). The summed E-state index contributed by atoms with van der Waals surface area (Å²) in [6.45, 7) is 1.09. The number of nitro benzene ring substituents is 1. The van der Waals surface area contributed by atoms with Gasteiger partial charge in [-0.3, -0.25) is 19.7 Å². The van der Waals surface area contributed by atoms with Gasteiger partial charge in [-0.15, -0.1) is 0 Å². The van der Waals surface area contributed by atoms with Crippen molar-refractivity contribution in [1.82, 2.24) is 0 Å². The number of hydrogen-bond acceptors (Lipinski definition) is 7. The molecule has 0 aromatic heterocycles. The second-order valence-corrected chi connectivity index (χ2v) is 5.40. The van der Waals surface area contributed by atoms with E-state index in [1.54, 1.807) is 6.07 Å². The summed E-state index contributed by atoms with van der Waals surface area (Å²) in [5, 5.41) is 13.4. The number of ketones is 1. The predicted octanol–water partition coefficient (Wildman–Crippen LogP) is 2.83. The zero-order valence-electron chi connectivity index (χ0n) is 15.0. The van der Waals surface area contributed by atoms with Crippen LogP contribution in [0.4, 0.5) is 11.4 Å². The van der Waals surface area contributed by atoms with Crippen molar-refractivity contribution in [1.29, 1.82) is 0 Å². The minimum Gasteiger partial charge on any atom is -0.494 e. The minimum absolute atomic E-state index is 0.122. The van der Waals surface area contributed by atoms with Crippen LogP contribution in [0.2, 0.25) is 0 Å². The number of methoxy groups -OCH3 is 2. The Morgan fingerprint density at radius 3 is 2.33 bits per heavy atom. The van der Waals surface area contributed by atoms with Crippen molar-refractivity contribution >= 4 is 23.1 Å². The normalized spacial score (nSPS) is 10.0. The summed E-state index contributed by atoms with van der Waals surface area (Å²) in [5.74, 6) is 0.153. The Morgan fingerprint density at radius 2 is 1.74 bits per heavy atom. The smallest absolute Gasteiger partial charge is 0.273 e. The van der Waals surface area contributed by atoms with Crippen molar-refractivity contribution < 1.29 is 28.7 Å². The number of rotatable bonds is 8. The molecule has 0 radical (unpaired) electrons. The summed E-state index contributed by atoms with van der Waals surface area (Å²) in [7, 11) is 2.76. The number of ether oxygens (including phenoxy) is 3. The summed E-state index contributed by atoms with van der Waals surface area (Å²) >= 11 is 0. The lowest BCUT2D eigenvalue weighted by Gasteiger charge is -2.13. The standard InChI is InChI=1S/C18H18N2O7/c1-11(21)12-4-7-15(17(8-12)26-3)27-10-18(22)19-14-6-5-13(20(23)24)9-16(14)25-2/h4-9H,10H2,1-3H3,(H,19,22). The highest BCUT2D eigenvalue weighted by atomic mass is 16.6. The third-order valence-electron chi connectivity index (χ3n) is 3.60. The van der Waals surface area contributed by atoms with Crippen LogP contribution in [-0.4, -0.2) is 37.4 Å². The highest BCUT2D eigenvalue weighted by Crippen LogP contribution is 2.30. The minimum atomic E-state index is -0.561. The molecule has 1 N–H and O–H groups in total. The summed E-state index contributed by atoms with van der Waals surface area (Å²) in [6.07, 6.45) is 0. The second-order valence-electron chi connectivity index (χ2n) is 5.40. The van der Waals surface area contributed by atoms with E-state index in [0.717, 1.165) is 0 Å². The van der Waals surface area contributed by atoms with Crippen LogP contribution in [0.1, 0.15) is 17.3 Å². The molecule has 0 heterocycles. The number of amides is 1. The van der Waals surface area contributed by atoms with Gasteiger partial charge in [0, 0.05) is 11.6 Å². The van der Waals surface area contributed by atoms with E-state index >= 15 is 0 Å². The second kappa shape index (κ2) is 8.65. The maximum Gasteiger partial charge on any atom is 0.273 e. The predicted molar refractivity (Wildman–Crippen MR) is 96.8 cm³/mol. The molecule has 9 heteroatoms. The molecule has 0 aliphatic heterocycles. The van der Waals surface area contributed by atoms with E-state index in [0.29, 0.717) is 17.1 Å². The third kappa shape index (κ3) is 4.94. The van der Waals surface area contributed by atoms with Gasteiger partial charge in [-0.25, -0.2) is 0 Å². The number of nitrogens with zero attached hydrogens (tertiary/aromatic N) is 1. The lowest BCUT2D eigenvalue weighted by atomic mass is 10.1. The average molecular weight is 374 g/mol. The fraction of sp³-hybridized carbons (Fsp3) is 0.222. The monoisotopic (exact) mass is 374 g/mol. The highest BCUT2D eigenvalue weighted by molar-refractivity contribution is 5.95. The van der Waals surface area contributed by atoms with Gasteiger partial charge < -0.3 is 19.5 Å². The molecule has 27 heavy (non-hydrogen) atoms. The zero-order valence-corrected chi connectivity index (χ0v) is 15.0. The van der Waals surface area contributed by atoms with Gasteiger partial charge in [0.1, 0.15) is 5.75 Å². The van der Waals surface area contributed by atoms with E-state index in [9.17, 15) is 19.7 Å². The molecular weight excluding hydrogens is 356 g/mol. The maximum atomic E-state index is 12.1. The molecule has 0 atom stereocenters. The van der Waals surface area contributed by atoms with Crippen molar-refractivity contribution in [3.05, 3.63) is 52.1 Å². The van der Waals surface area contributed by atoms with Crippen molar-refractivity contribution in [3.8, 4) is 17.2 Å². The maximum absolute atomic E-state index is 12.1. The van der Waals surface area contributed by atoms with E-state index in [1.807, 2.05) is 0 Å². The van der Waals surface area contributed by atoms with Gasteiger partial charge >= 0.3 is 0 Å². The molecule has 0 unspecified atom stereocenters. The molecule has 142 valence electrons. The quantitative estimate of drug-likeness (QED) is 0.429. The first-order valence-electron chi connectivity index (χ1n) is 7.79. The Bertz CT molecular complexity index is 880.